The van der Waals surface area contributed by atoms with Crippen molar-refractivity contribution < 1.29 is 9.53 Å². The van der Waals surface area contributed by atoms with Crippen LogP contribution >= 0.6 is 11.6 Å². The second-order valence-corrected chi connectivity index (χ2v) is 5.10. The molecule has 0 atom stereocenters. The Kier molecular flexibility index (Phi) is 5.02. The maximum Gasteiger partial charge on any atom is 0.168 e. The van der Waals surface area contributed by atoms with Gasteiger partial charge in [0.05, 0.1) is 29.4 Å². The molecule has 1 aromatic heterocycles. The predicted molar refractivity (Wildman–Crippen MR) is 83.3 cm³/mol. The summed E-state index contributed by atoms with van der Waals surface area (Å²) in [7, 11) is 0. The number of nitrogens with zero attached hydrogens (tertiary/aromatic N) is 2. The summed E-state index contributed by atoms with van der Waals surface area (Å²) in [6, 6.07) is 7.17. The number of benzene rings is 1. The van der Waals surface area contributed by atoms with Crippen molar-refractivity contribution in [2.24, 2.45) is 0 Å². The number of rotatable bonds is 6. The first-order valence-electron chi connectivity index (χ1n) is 7.04. The summed E-state index contributed by atoms with van der Waals surface area (Å²) in [5.41, 5.74) is 2.18. The molecule has 21 heavy (non-hydrogen) atoms. The SMILES string of the molecule is CCOc1ccc(C(=O)Cc2c(Cl)c(C)nn2CC)cc1. The molecule has 0 unspecified atom stereocenters. The van der Waals surface area contributed by atoms with Crippen molar-refractivity contribution in [3.05, 3.63) is 46.2 Å². The number of carbonyl (C=O) groups is 1. The van der Waals surface area contributed by atoms with E-state index in [4.69, 9.17) is 16.3 Å². The van der Waals surface area contributed by atoms with Crippen LogP contribution in [0.4, 0.5) is 0 Å². The third-order valence-electron chi connectivity index (χ3n) is 3.27. The second-order valence-electron chi connectivity index (χ2n) is 4.72. The van der Waals surface area contributed by atoms with E-state index in [9.17, 15) is 4.79 Å². The van der Waals surface area contributed by atoms with Gasteiger partial charge in [-0.3, -0.25) is 9.48 Å². The molecule has 1 aromatic carbocycles. The van der Waals surface area contributed by atoms with Crippen molar-refractivity contribution in [3.8, 4) is 5.75 Å². The van der Waals surface area contributed by atoms with Crippen LogP contribution in [-0.2, 0) is 13.0 Å². The number of hydrogen-bond donors (Lipinski definition) is 0. The molecule has 0 bridgehead atoms. The smallest absolute Gasteiger partial charge is 0.168 e. The van der Waals surface area contributed by atoms with Gasteiger partial charge in [-0.2, -0.15) is 5.10 Å². The Labute approximate surface area is 129 Å². The molecule has 0 aliphatic heterocycles. The number of carbonyl (C=O) groups excluding carboxylic acids is 1. The minimum absolute atomic E-state index is 0.0227. The number of halogens is 1. The number of ketones is 1. The minimum Gasteiger partial charge on any atom is -0.494 e. The molecule has 2 rings (SSSR count). The second kappa shape index (κ2) is 6.76. The Hall–Kier alpha value is -1.81. The lowest BCUT2D eigenvalue weighted by Crippen LogP contribution is -2.10. The van der Waals surface area contributed by atoms with Crippen molar-refractivity contribution in [1.29, 1.82) is 0 Å². The van der Waals surface area contributed by atoms with E-state index in [2.05, 4.69) is 5.10 Å². The molecule has 0 N–H and O–H groups in total. The van der Waals surface area contributed by atoms with Crippen LogP contribution in [0, 0.1) is 6.92 Å². The van der Waals surface area contributed by atoms with Crippen molar-refractivity contribution in [1.82, 2.24) is 9.78 Å². The lowest BCUT2D eigenvalue weighted by atomic mass is 10.1. The van der Waals surface area contributed by atoms with Crippen LogP contribution in [0.25, 0.3) is 0 Å². The van der Waals surface area contributed by atoms with Gasteiger partial charge < -0.3 is 4.74 Å². The van der Waals surface area contributed by atoms with E-state index >= 15 is 0 Å². The Bertz CT molecular complexity index is 632. The minimum atomic E-state index is 0.0227. The molecule has 0 saturated carbocycles. The summed E-state index contributed by atoms with van der Waals surface area (Å²) in [6.07, 6.45) is 0.251. The summed E-state index contributed by atoms with van der Waals surface area (Å²) in [4.78, 5) is 12.4. The summed E-state index contributed by atoms with van der Waals surface area (Å²) < 4.78 is 7.15. The number of Topliss-reactive ketones (excluding diaryl/α,β-unsaturated/α-hetero) is 1. The molecule has 2 aromatic rings. The molecule has 0 fully saturated rings. The molecule has 0 radical (unpaired) electrons. The number of ether oxygens (including phenoxy) is 1. The van der Waals surface area contributed by atoms with E-state index in [1.807, 2.05) is 20.8 Å². The fourth-order valence-electron chi connectivity index (χ4n) is 2.20. The molecular formula is C16H19ClN2O2. The zero-order valence-electron chi connectivity index (χ0n) is 12.5. The molecule has 4 nitrogen and oxygen atoms in total. The van der Waals surface area contributed by atoms with E-state index in [0.29, 0.717) is 23.7 Å². The van der Waals surface area contributed by atoms with Crippen LogP contribution in [0.3, 0.4) is 0 Å². The highest BCUT2D eigenvalue weighted by Gasteiger charge is 2.17. The molecule has 5 heteroatoms. The van der Waals surface area contributed by atoms with E-state index in [1.54, 1.807) is 28.9 Å². The van der Waals surface area contributed by atoms with Gasteiger partial charge in [-0.05, 0) is 45.0 Å². The highest BCUT2D eigenvalue weighted by molar-refractivity contribution is 6.32. The molecule has 0 aliphatic rings. The Morgan fingerprint density at radius 2 is 1.95 bits per heavy atom. The molecule has 0 saturated heterocycles. The average Bonchev–Trinajstić information content (AvgIpc) is 2.76. The Balaban J connectivity index is 2.18. The van der Waals surface area contributed by atoms with Gasteiger partial charge in [-0.15, -0.1) is 0 Å². The standard InChI is InChI=1S/C16H19ClN2O2/c1-4-19-14(16(17)11(3)18-19)10-15(20)12-6-8-13(9-7-12)21-5-2/h6-9H,4-5,10H2,1-3H3. The first-order valence-corrected chi connectivity index (χ1v) is 7.42. The van der Waals surface area contributed by atoms with E-state index in [-0.39, 0.29) is 12.2 Å². The Morgan fingerprint density at radius 1 is 1.29 bits per heavy atom. The van der Waals surface area contributed by atoms with Crippen molar-refractivity contribution >= 4 is 17.4 Å². The summed E-state index contributed by atoms with van der Waals surface area (Å²) in [6.45, 7) is 7.06. The highest BCUT2D eigenvalue weighted by atomic mass is 35.5. The third kappa shape index (κ3) is 3.45. The third-order valence-corrected chi connectivity index (χ3v) is 3.76. The van der Waals surface area contributed by atoms with E-state index < -0.39 is 0 Å². The van der Waals surface area contributed by atoms with Crippen LogP contribution in [0.5, 0.6) is 5.75 Å². The number of hydrogen-bond acceptors (Lipinski definition) is 3. The van der Waals surface area contributed by atoms with Gasteiger partial charge in [-0.1, -0.05) is 11.6 Å². The zero-order chi connectivity index (χ0) is 15.4. The molecule has 0 spiro atoms. The van der Waals surface area contributed by atoms with Crippen molar-refractivity contribution in [2.45, 2.75) is 33.7 Å². The maximum atomic E-state index is 12.4. The first kappa shape index (κ1) is 15.6. The Morgan fingerprint density at radius 3 is 2.52 bits per heavy atom. The quantitative estimate of drug-likeness (QED) is 0.765. The average molecular weight is 307 g/mol. The lowest BCUT2D eigenvalue weighted by Gasteiger charge is -2.06. The first-order chi connectivity index (χ1) is 10.1. The molecular weight excluding hydrogens is 288 g/mol. The topological polar surface area (TPSA) is 44.1 Å². The van der Waals surface area contributed by atoms with Gasteiger partial charge in [0.2, 0.25) is 0 Å². The molecule has 1 heterocycles. The van der Waals surface area contributed by atoms with Gasteiger partial charge in [0.25, 0.3) is 0 Å². The monoisotopic (exact) mass is 306 g/mol. The van der Waals surface area contributed by atoms with Crippen LogP contribution in [-0.4, -0.2) is 22.2 Å². The maximum absolute atomic E-state index is 12.4. The summed E-state index contributed by atoms with van der Waals surface area (Å²) in [5.74, 6) is 0.788. The zero-order valence-corrected chi connectivity index (χ0v) is 13.3. The summed E-state index contributed by atoms with van der Waals surface area (Å²) in [5, 5.41) is 4.91. The fraction of sp³-hybridized carbons (Fsp3) is 0.375. The van der Waals surface area contributed by atoms with Crippen LogP contribution in [0.2, 0.25) is 5.02 Å². The highest BCUT2D eigenvalue weighted by Crippen LogP contribution is 2.22. The lowest BCUT2D eigenvalue weighted by molar-refractivity contribution is 0.0990. The van der Waals surface area contributed by atoms with E-state index in [0.717, 1.165) is 17.1 Å². The van der Waals surface area contributed by atoms with Crippen LogP contribution < -0.4 is 4.74 Å². The van der Waals surface area contributed by atoms with Crippen molar-refractivity contribution in [3.63, 3.8) is 0 Å². The van der Waals surface area contributed by atoms with Crippen LogP contribution in [0.15, 0.2) is 24.3 Å². The largest absolute Gasteiger partial charge is 0.494 e. The van der Waals surface area contributed by atoms with Gasteiger partial charge >= 0.3 is 0 Å². The normalized spacial score (nSPS) is 10.7. The number of aromatic nitrogens is 2. The van der Waals surface area contributed by atoms with E-state index in [1.165, 1.54) is 0 Å². The van der Waals surface area contributed by atoms with Crippen molar-refractivity contribution in [2.75, 3.05) is 6.61 Å². The molecule has 112 valence electrons. The number of aryl methyl sites for hydroxylation is 2. The summed E-state index contributed by atoms with van der Waals surface area (Å²) >= 11 is 6.24. The van der Waals surface area contributed by atoms with Gasteiger partial charge in [0.15, 0.2) is 5.78 Å². The van der Waals surface area contributed by atoms with Gasteiger partial charge in [-0.25, -0.2) is 0 Å². The van der Waals surface area contributed by atoms with Gasteiger partial charge in [0, 0.05) is 12.1 Å². The fourth-order valence-corrected chi connectivity index (χ4v) is 2.40. The predicted octanol–water partition coefficient (Wildman–Crippen LogP) is 3.69. The van der Waals surface area contributed by atoms with Gasteiger partial charge in [0.1, 0.15) is 5.75 Å². The van der Waals surface area contributed by atoms with Crippen LogP contribution in [0.1, 0.15) is 35.6 Å². The molecule has 0 amide bonds. The molecule has 0 aliphatic carbocycles.